The van der Waals surface area contributed by atoms with Crippen LogP contribution in [0.5, 0.6) is 0 Å². The minimum atomic E-state index is -0.973. The second-order valence-electron chi connectivity index (χ2n) is 9.21. The van der Waals surface area contributed by atoms with Crippen LogP contribution in [0, 0.1) is 17.8 Å². The molecule has 4 aliphatic rings. The molecule has 0 saturated heterocycles. The van der Waals surface area contributed by atoms with Gasteiger partial charge in [0, 0.05) is 16.8 Å². The summed E-state index contributed by atoms with van der Waals surface area (Å²) in [4.78, 5) is 24.3. The van der Waals surface area contributed by atoms with E-state index in [2.05, 4.69) is 10.6 Å². The summed E-state index contributed by atoms with van der Waals surface area (Å²) in [7, 11) is 0. The Morgan fingerprint density at radius 2 is 1.45 bits per heavy atom. The van der Waals surface area contributed by atoms with Crippen molar-refractivity contribution in [2.24, 2.45) is 17.8 Å². The Morgan fingerprint density at radius 1 is 0.862 bits per heavy atom. The van der Waals surface area contributed by atoms with Crippen molar-refractivity contribution in [1.82, 2.24) is 5.32 Å². The molecule has 4 aliphatic carbocycles. The highest BCUT2D eigenvalue weighted by molar-refractivity contribution is 5.96. The lowest BCUT2D eigenvalue weighted by Gasteiger charge is -2.56. The Bertz CT molecular complexity index is 916. The van der Waals surface area contributed by atoms with Crippen molar-refractivity contribution in [3.05, 3.63) is 59.7 Å². The molecule has 1 amide bonds. The molecule has 150 valence electrons. The smallest absolute Gasteiger partial charge is 0.337 e. The van der Waals surface area contributed by atoms with E-state index >= 15 is 0 Å². The molecule has 2 aromatic carbocycles. The molecule has 0 radical (unpaired) electrons. The maximum atomic E-state index is 12.9. The standard InChI is InChI=1S/C24H26N2O3/c27-22(26-24-12-15-9-16(13-24)11-17(10-15)14-24)18-5-7-19(8-6-18)25-21-4-2-1-3-20(21)23(28)29/h1-8,15-17,25H,9-14H2,(H,26,27)(H,28,29). The predicted octanol–water partition coefficient (Wildman–Crippen LogP) is 4.83. The first-order valence-electron chi connectivity index (χ1n) is 10.5. The van der Waals surface area contributed by atoms with E-state index in [4.69, 9.17) is 0 Å². The number of carbonyl (C=O) groups excluding carboxylic acids is 1. The number of nitrogens with one attached hydrogen (secondary N) is 2. The van der Waals surface area contributed by atoms with Crippen molar-refractivity contribution in [3.63, 3.8) is 0 Å². The maximum Gasteiger partial charge on any atom is 0.337 e. The third-order valence-electron chi connectivity index (χ3n) is 7.00. The molecule has 2 aromatic rings. The van der Waals surface area contributed by atoms with Gasteiger partial charge in [-0.1, -0.05) is 12.1 Å². The summed E-state index contributed by atoms with van der Waals surface area (Å²) in [6.07, 6.45) is 7.47. The van der Waals surface area contributed by atoms with Crippen molar-refractivity contribution >= 4 is 23.3 Å². The Kier molecular flexibility index (Phi) is 4.34. The van der Waals surface area contributed by atoms with Gasteiger partial charge >= 0.3 is 5.97 Å². The summed E-state index contributed by atoms with van der Waals surface area (Å²) in [5, 5.41) is 15.8. The fourth-order valence-electron chi connectivity index (χ4n) is 6.22. The number of hydrogen-bond acceptors (Lipinski definition) is 3. The van der Waals surface area contributed by atoms with Crippen molar-refractivity contribution in [2.75, 3.05) is 5.32 Å². The Balaban J connectivity index is 1.28. The van der Waals surface area contributed by atoms with Gasteiger partial charge in [-0.2, -0.15) is 0 Å². The molecule has 6 rings (SSSR count). The van der Waals surface area contributed by atoms with E-state index in [1.807, 2.05) is 24.3 Å². The van der Waals surface area contributed by atoms with Crippen LogP contribution in [0.1, 0.15) is 59.2 Å². The highest BCUT2D eigenvalue weighted by Crippen LogP contribution is 2.55. The molecule has 0 atom stereocenters. The van der Waals surface area contributed by atoms with Crippen LogP contribution in [0.15, 0.2) is 48.5 Å². The second kappa shape index (κ2) is 6.90. The molecule has 0 aromatic heterocycles. The van der Waals surface area contributed by atoms with Gasteiger partial charge in [-0.25, -0.2) is 4.79 Å². The number of anilines is 2. The van der Waals surface area contributed by atoms with Gasteiger partial charge < -0.3 is 15.7 Å². The largest absolute Gasteiger partial charge is 0.478 e. The fraction of sp³-hybridized carbons (Fsp3) is 0.417. The van der Waals surface area contributed by atoms with Crippen LogP contribution in [-0.4, -0.2) is 22.5 Å². The van der Waals surface area contributed by atoms with E-state index in [1.165, 1.54) is 19.3 Å². The van der Waals surface area contributed by atoms with Crippen molar-refractivity contribution in [2.45, 2.75) is 44.1 Å². The summed E-state index contributed by atoms with van der Waals surface area (Å²) >= 11 is 0. The Morgan fingerprint density at radius 3 is 2.03 bits per heavy atom. The minimum absolute atomic E-state index is 0.00316. The van der Waals surface area contributed by atoms with E-state index in [9.17, 15) is 14.7 Å². The number of carbonyl (C=O) groups is 2. The maximum absolute atomic E-state index is 12.9. The number of amides is 1. The topological polar surface area (TPSA) is 78.4 Å². The number of carboxylic acids is 1. The van der Waals surface area contributed by atoms with E-state index in [1.54, 1.807) is 24.3 Å². The van der Waals surface area contributed by atoms with Crippen LogP contribution in [0.3, 0.4) is 0 Å². The quantitative estimate of drug-likeness (QED) is 0.683. The summed E-state index contributed by atoms with van der Waals surface area (Å²) in [6.45, 7) is 0. The van der Waals surface area contributed by atoms with Crippen molar-refractivity contribution < 1.29 is 14.7 Å². The molecule has 0 heterocycles. The molecule has 4 fully saturated rings. The summed E-state index contributed by atoms with van der Waals surface area (Å²) in [5.41, 5.74) is 2.16. The first-order chi connectivity index (χ1) is 14.0. The summed E-state index contributed by atoms with van der Waals surface area (Å²) in [5.74, 6) is 1.41. The van der Waals surface area contributed by atoms with Gasteiger partial charge in [0.1, 0.15) is 0 Å². The number of para-hydroxylation sites is 1. The third kappa shape index (κ3) is 3.50. The lowest BCUT2D eigenvalue weighted by molar-refractivity contribution is -0.0167. The van der Waals surface area contributed by atoms with E-state index < -0.39 is 5.97 Å². The predicted molar refractivity (Wildman–Crippen MR) is 111 cm³/mol. The van der Waals surface area contributed by atoms with Crippen LogP contribution in [0.25, 0.3) is 0 Å². The van der Waals surface area contributed by atoms with Gasteiger partial charge in [0.05, 0.1) is 11.3 Å². The molecule has 0 aliphatic heterocycles. The average Bonchev–Trinajstić information content (AvgIpc) is 2.67. The zero-order valence-corrected chi connectivity index (χ0v) is 16.4. The number of rotatable bonds is 5. The Labute approximate surface area is 170 Å². The fourth-order valence-corrected chi connectivity index (χ4v) is 6.22. The van der Waals surface area contributed by atoms with E-state index in [0.717, 1.165) is 42.7 Å². The zero-order valence-electron chi connectivity index (χ0n) is 16.4. The van der Waals surface area contributed by atoms with Crippen LogP contribution in [0.4, 0.5) is 11.4 Å². The number of benzene rings is 2. The van der Waals surface area contributed by atoms with Gasteiger partial charge in [0.2, 0.25) is 0 Å². The van der Waals surface area contributed by atoms with Crippen molar-refractivity contribution in [3.8, 4) is 0 Å². The molecule has 5 heteroatoms. The zero-order chi connectivity index (χ0) is 20.0. The Hall–Kier alpha value is -2.82. The summed E-state index contributed by atoms with van der Waals surface area (Å²) < 4.78 is 0. The van der Waals surface area contributed by atoms with Crippen LogP contribution >= 0.6 is 0 Å². The number of aromatic carboxylic acids is 1. The molecular weight excluding hydrogens is 364 g/mol. The highest BCUT2D eigenvalue weighted by Gasteiger charge is 2.51. The summed E-state index contributed by atoms with van der Waals surface area (Å²) in [6, 6.07) is 14.1. The van der Waals surface area contributed by atoms with Gasteiger partial charge in [-0.05, 0) is 92.7 Å². The molecule has 0 spiro atoms. The molecular formula is C24H26N2O3. The monoisotopic (exact) mass is 390 g/mol. The van der Waals surface area contributed by atoms with Crippen molar-refractivity contribution in [1.29, 1.82) is 0 Å². The lowest BCUT2D eigenvalue weighted by Crippen LogP contribution is -2.59. The average molecular weight is 390 g/mol. The van der Waals surface area contributed by atoms with Gasteiger partial charge in [-0.3, -0.25) is 4.79 Å². The molecule has 4 bridgehead atoms. The third-order valence-corrected chi connectivity index (χ3v) is 7.00. The SMILES string of the molecule is O=C(NC12CC3CC(CC(C3)C1)C2)c1ccc(Nc2ccccc2C(=O)O)cc1. The molecule has 4 saturated carbocycles. The lowest BCUT2D eigenvalue weighted by atomic mass is 9.53. The van der Waals surface area contributed by atoms with Gasteiger partial charge in [0.25, 0.3) is 5.91 Å². The van der Waals surface area contributed by atoms with Crippen LogP contribution in [0.2, 0.25) is 0 Å². The first kappa shape index (κ1) is 18.2. The molecule has 0 unspecified atom stereocenters. The first-order valence-corrected chi connectivity index (χ1v) is 10.5. The minimum Gasteiger partial charge on any atom is -0.478 e. The van der Waals surface area contributed by atoms with Crippen LogP contribution in [-0.2, 0) is 0 Å². The van der Waals surface area contributed by atoms with E-state index in [0.29, 0.717) is 11.3 Å². The second-order valence-corrected chi connectivity index (χ2v) is 9.21. The number of hydrogen-bond donors (Lipinski definition) is 3. The van der Waals surface area contributed by atoms with Gasteiger partial charge in [-0.15, -0.1) is 0 Å². The van der Waals surface area contributed by atoms with Crippen LogP contribution < -0.4 is 10.6 Å². The molecule has 3 N–H and O–H groups in total. The number of carboxylic acid groups (broad SMARTS) is 1. The normalized spacial score (nSPS) is 29.4. The van der Waals surface area contributed by atoms with E-state index in [-0.39, 0.29) is 17.0 Å². The highest BCUT2D eigenvalue weighted by atomic mass is 16.4. The molecule has 29 heavy (non-hydrogen) atoms. The van der Waals surface area contributed by atoms with Gasteiger partial charge in [0.15, 0.2) is 0 Å². The molecule has 5 nitrogen and oxygen atoms in total.